The average Bonchev–Trinajstić information content (AvgIpc) is 2.89. The second kappa shape index (κ2) is 4.97. The minimum Gasteiger partial charge on any atom is -0.337 e. The average molecular weight is 258 g/mol. The van der Waals surface area contributed by atoms with Gasteiger partial charge in [0.05, 0.1) is 0 Å². The van der Waals surface area contributed by atoms with E-state index in [1.165, 1.54) is 0 Å². The summed E-state index contributed by atoms with van der Waals surface area (Å²) >= 11 is 0. The van der Waals surface area contributed by atoms with Crippen molar-refractivity contribution in [3.63, 3.8) is 0 Å². The molecule has 6 heteroatoms. The lowest BCUT2D eigenvalue weighted by Gasteiger charge is -2.30. The first-order chi connectivity index (χ1) is 9.24. The summed E-state index contributed by atoms with van der Waals surface area (Å²) in [6.45, 7) is 7.02. The Kier molecular flexibility index (Phi) is 3.16. The van der Waals surface area contributed by atoms with Gasteiger partial charge in [0.1, 0.15) is 5.69 Å². The van der Waals surface area contributed by atoms with Crippen LogP contribution >= 0.6 is 0 Å². The molecule has 0 saturated carbocycles. The van der Waals surface area contributed by atoms with Gasteiger partial charge >= 0.3 is 0 Å². The first-order valence-corrected chi connectivity index (χ1v) is 6.57. The topological polar surface area (TPSA) is 69.7 Å². The van der Waals surface area contributed by atoms with Gasteiger partial charge in [-0.25, -0.2) is 0 Å². The SMILES string of the molecule is Cc1cccnc1-c1nc(N2CCN[C@@H](C)C2)n[nH]1. The fraction of sp³-hybridized carbons (Fsp3) is 0.462. The molecule has 0 radical (unpaired) electrons. The number of nitrogens with zero attached hydrogens (tertiary/aromatic N) is 4. The molecule has 1 fully saturated rings. The number of hydrogen-bond donors (Lipinski definition) is 2. The molecule has 0 bridgehead atoms. The van der Waals surface area contributed by atoms with Crippen LogP contribution in [0, 0.1) is 6.92 Å². The number of anilines is 1. The lowest BCUT2D eigenvalue weighted by atomic mass is 10.2. The van der Waals surface area contributed by atoms with Crippen molar-refractivity contribution in [1.29, 1.82) is 0 Å². The van der Waals surface area contributed by atoms with Crippen LogP contribution in [0.15, 0.2) is 18.3 Å². The lowest BCUT2D eigenvalue weighted by molar-refractivity contribution is 0.480. The predicted octanol–water partition coefficient (Wildman–Crippen LogP) is 0.973. The standard InChI is InChI=1S/C13H18N6/c1-9-4-3-5-15-11(9)12-16-13(18-17-12)19-7-6-14-10(2)8-19/h3-5,10,14H,6-8H2,1-2H3,(H,16,17,18)/t10-/m0/s1. The van der Waals surface area contributed by atoms with Gasteiger partial charge < -0.3 is 10.2 Å². The number of aromatic nitrogens is 4. The van der Waals surface area contributed by atoms with Crippen molar-refractivity contribution in [3.8, 4) is 11.5 Å². The van der Waals surface area contributed by atoms with Crippen LogP contribution in [0.2, 0.25) is 0 Å². The molecule has 3 rings (SSSR count). The summed E-state index contributed by atoms with van der Waals surface area (Å²) in [4.78, 5) is 11.1. The molecule has 0 spiro atoms. The van der Waals surface area contributed by atoms with Gasteiger partial charge in [-0.1, -0.05) is 6.07 Å². The maximum absolute atomic E-state index is 4.57. The minimum atomic E-state index is 0.465. The molecule has 3 heterocycles. The fourth-order valence-electron chi connectivity index (χ4n) is 2.35. The molecule has 2 aromatic heterocycles. The van der Waals surface area contributed by atoms with E-state index in [9.17, 15) is 0 Å². The maximum atomic E-state index is 4.57. The highest BCUT2D eigenvalue weighted by Gasteiger charge is 2.20. The lowest BCUT2D eigenvalue weighted by Crippen LogP contribution is -2.49. The summed E-state index contributed by atoms with van der Waals surface area (Å²) in [6.07, 6.45) is 1.78. The molecule has 2 aromatic rings. The van der Waals surface area contributed by atoms with E-state index in [1.54, 1.807) is 6.20 Å². The number of H-pyrrole nitrogens is 1. The van der Waals surface area contributed by atoms with Crippen molar-refractivity contribution in [2.24, 2.45) is 0 Å². The van der Waals surface area contributed by atoms with E-state index in [1.807, 2.05) is 19.1 Å². The molecule has 0 unspecified atom stereocenters. The second-order valence-corrected chi connectivity index (χ2v) is 4.95. The molecule has 1 aliphatic rings. The number of hydrogen-bond acceptors (Lipinski definition) is 5. The van der Waals surface area contributed by atoms with Gasteiger partial charge in [0.2, 0.25) is 5.95 Å². The normalized spacial score (nSPS) is 19.7. The van der Waals surface area contributed by atoms with Crippen LogP contribution in [0.25, 0.3) is 11.5 Å². The number of rotatable bonds is 2. The quantitative estimate of drug-likeness (QED) is 0.840. The third kappa shape index (κ3) is 2.44. The highest BCUT2D eigenvalue weighted by Crippen LogP contribution is 2.19. The monoisotopic (exact) mass is 258 g/mol. The number of pyridine rings is 1. The molecule has 100 valence electrons. The van der Waals surface area contributed by atoms with Crippen LogP contribution in [0.1, 0.15) is 12.5 Å². The third-order valence-electron chi connectivity index (χ3n) is 3.36. The first kappa shape index (κ1) is 12.1. The van der Waals surface area contributed by atoms with Gasteiger partial charge in [-0.2, -0.15) is 4.98 Å². The summed E-state index contributed by atoms with van der Waals surface area (Å²) in [7, 11) is 0. The van der Waals surface area contributed by atoms with Gasteiger partial charge in [-0.3, -0.25) is 10.1 Å². The molecule has 0 aliphatic carbocycles. The van der Waals surface area contributed by atoms with E-state index in [2.05, 4.69) is 37.3 Å². The predicted molar refractivity (Wildman–Crippen MR) is 74.0 cm³/mol. The van der Waals surface area contributed by atoms with Crippen molar-refractivity contribution >= 4 is 5.95 Å². The Morgan fingerprint density at radius 2 is 2.32 bits per heavy atom. The van der Waals surface area contributed by atoms with Gasteiger partial charge in [0.15, 0.2) is 5.82 Å². The Balaban J connectivity index is 1.85. The Bertz CT molecular complexity index is 564. The number of piperazine rings is 1. The summed E-state index contributed by atoms with van der Waals surface area (Å²) in [5, 5.41) is 10.7. The van der Waals surface area contributed by atoms with Crippen molar-refractivity contribution in [2.75, 3.05) is 24.5 Å². The molecular weight excluding hydrogens is 240 g/mol. The second-order valence-electron chi connectivity index (χ2n) is 4.95. The van der Waals surface area contributed by atoms with Crippen LogP contribution in [0.3, 0.4) is 0 Å². The summed E-state index contributed by atoms with van der Waals surface area (Å²) in [6, 6.07) is 4.41. The van der Waals surface area contributed by atoms with Crippen molar-refractivity contribution in [3.05, 3.63) is 23.9 Å². The third-order valence-corrected chi connectivity index (χ3v) is 3.36. The van der Waals surface area contributed by atoms with Crippen molar-refractivity contribution in [1.82, 2.24) is 25.5 Å². The maximum Gasteiger partial charge on any atom is 0.245 e. The molecular formula is C13H18N6. The highest BCUT2D eigenvalue weighted by molar-refractivity contribution is 5.55. The van der Waals surface area contributed by atoms with Crippen molar-refractivity contribution in [2.45, 2.75) is 19.9 Å². The van der Waals surface area contributed by atoms with Crippen LogP contribution in [-0.2, 0) is 0 Å². The zero-order valence-corrected chi connectivity index (χ0v) is 11.2. The molecule has 6 nitrogen and oxygen atoms in total. The summed E-state index contributed by atoms with van der Waals surface area (Å²) in [5.41, 5.74) is 1.96. The number of aryl methyl sites for hydroxylation is 1. The van der Waals surface area contributed by atoms with E-state index in [4.69, 9.17) is 0 Å². The van der Waals surface area contributed by atoms with Crippen LogP contribution in [-0.4, -0.2) is 45.8 Å². The van der Waals surface area contributed by atoms with Gasteiger partial charge in [0.25, 0.3) is 0 Å². The Hall–Kier alpha value is -1.95. The Morgan fingerprint density at radius 1 is 1.42 bits per heavy atom. The van der Waals surface area contributed by atoms with Gasteiger partial charge in [0, 0.05) is 31.9 Å². The molecule has 0 amide bonds. The largest absolute Gasteiger partial charge is 0.337 e. The zero-order chi connectivity index (χ0) is 13.2. The number of aromatic amines is 1. The molecule has 1 aliphatic heterocycles. The Morgan fingerprint density at radius 3 is 3.11 bits per heavy atom. The molecule has 0 aromatic carbocycles. The van der Waals surface area contributed by atoms with E-state index < -0.39 is 0 Å². The van der Waals surface area contributed by atoms with Crippen LogP contribution in [0.5, 0.6) is 0 Å². The molecule has 2 N–H and O–H groups in total. The fourth-order valence-corrected chi connectivity index (χ4v) is 2.35. The minimum absolute atomic E-state index is 0.465. The summed E-state index contributed by atoms with van der Waals surface area (Å²) < 4.78 is 0. The van der Waals surface area contributed by atoms with Crippen LogP contribution in [0.4, 0.5) is 5.95 Å². The molecule has 1 atom stereocenters. The van der Waals surface area contributed by atoms with Crippen LogP contribution < -0.4 is 10.2 Å². The summed E-state index contributed by atoms with van der Waals surface area (Å²) in [5.74, 6) is 1.49. The molecule has 1 saturated heterocycles. The smallest absolute Gasteiger partial charge is 0.245 e. The molecule has 19 heavy (non-hydrogen) atoms. The Labute approximate surface area is 112 Å². The number of nitrogens with one attached hydrogen (secondary N) is 2. The van der Waals surface area contributed by atoms with E-state index >= 15 is 0 Å². The highest BCUT2D eigenvalue weighted by atomic mass is 15.4. The van der Waals surface area contributed by atoms with E-state index in [-0.39, 0.29) is 0 Å². The van der Waals surface area contributed by atoms with E-state index in [0.717, 1.165) is 42.7 Å². The van der Waals surface area contributed by atoms with E-state index in [0.29, 0.717) is 6.04 Å². The zero-order valence-electron chi connectivity index (χ0n) is 11.2. The van der Waals surface area contributed by atoms with Gasteiger partial charge in [-0.05, 0) is 25.5 Å². The van der Waals surface area contributed by atoms with Crippen molar-refractivity contribution < 1.29 is 0 Å². The first-order valence-electron chi connectivity index (χ1n) is 6.57. The van der Waals surface area contributed by atoms with Gasteiger partial charge in [-0.15, -0.1) is 5.10 Å².